The molecule has 1 aromatic heterocycles. The van der Waals surface area contributed by atoms with Gasteiger partial charge in [0.1, 0.15) is 11.6 Å². The third-order valence-electron chi connectivity index (χ3n) is 4.96. The maximum Gasteiger partial charge on any atom is 0.147 e. The number of fused-ring (bicyclic) bond motifs is 1. The first-order valence-electron chi connectivity index (χ1n) is 8.40. The van der Waals surface area contributed by atoms with Crippen LogP contribution in [0.1, 0.15) is 36.0 Å². The van der Waals surface area contributed by atoms with Gasteiger partial charge in [-0.2, -0.15) is 0 Å². The summed E-state index contributed by atoms with van der Waals surface area (Å²) in [4.78, 5) is 2.55. The Hall–Kier alpha value is -1.24. The lowest BCUT2D eigenvalue weighted by Gasteiger charge is -2.32. The smallest absolute Gasteiger partial charge is 0.147 e. The molecule has 4 rings (SSSR count). The number of rotatable bonds is 3. The maximum absolute atomic E-state index is 4.49. The highest BCUT2D eigenvalue weighted by Crippen LogP contribution is 2.29. The number of hydrogen-bond acceptors (Lipinski definition) is 4. The van der Waals surface area contributed by atoms with Gasteiger partial charge in [-0.3, -0.25) is 4.90 Å². The van der Waals surface area contributed by atoms with E-state index < -0.39 is 0 Å². The first-order valence-corrected chi connectivity index (χ1v) is 9.19. The first-order chi connectivity index (χ1) is 11.3. The van der Waals surface area contributed by atoms with Gasteiger partial charge >= 0.3 is 0 Å². The maximum atomic E-state index is 4.49. The molecule has 0 aliphatic carbocycles. The van der Waals surface area contributed by atoms with Crippen molar-refractivity contribution in [1.82, 2.24) is 25.0 Å². The lowest BCUT2D eigenvalue weighted by atomic mass is 9.95. The van der Waals surface area contributed by atoms with E-state index in [0.29, 0.717) is 5.92 Å². The Morgan fingerprint density at radius 1 is 1.13 bits per heavy atom. The van der Waals surface area contributed by atoms with Crippen LogP contribution in [0.15, 0.2) is 28.7 Å². The van der Waals surface area contributed by atoms with Gasteiger partial charge < -0.3 is 9.88 Å². The van der Waals surface area contributed by atoms with Crippen molar-refractivity contribution >= 4 is 15.9 Å². The normalized spacial score (nSPS) is 19.7. The van der Waals surface area contributed by atoms with Crippen LogP contribution in [-0.4, -0.2) is 39.3 Å². The van der Waals surface area contributed by atoms with E-state index in [-0.39, 0.29) is 0 Å². The van der Waals surface area contributed by atoms with E-state index in [2.05, 4.69) is 65.2 Å². The van der Waals surface area contributed by atoms with Crippen LogP contribution in [0.2, 0.25) is 0 Å². The fourth-order valence-electron chi connectivity index (χ4n) is 3.63. The third-order valence-corrected chi connectivity index (χ3v) is 5.73. The summed E-state index contributed by atoms with van der Waals surface area (Å²) in [5, 5.41) is 12.2. The molecule has 0 amide bonds. The molecule has 23 heavy (non-hydrogen) atoms. The summed E-state index contributed by atoms with van der Waals surface area (Å²) in [5.74, 6) is 2.87. The molecule has 0 unspecified atom stereocenters. The quantitative estimate of drug-likeness (QED) is 0.895. The predicted molar refractivity (Wildman–Crippen MR) is 93.1 cm³/mol. The van der Waals surface area contributed by atoms with Crippen molar-refractivity contribution in [3.8, 4) is 0 Å². The second-order valence-electron chi connectivity index (χ2n) is 6.44. The predicted octanol–water partition coefficient (Wildman–Crippen LogP) is 2.52. The Bertz CT molecular complexity index is 675. The summed E-state index contributed by atoms with van der Waals surface area (Å²) in [5.41, 5.74) is 1.37. The number of halogens is 1. The van der Waals surface area contributed by atoms with Crippen molar-refractivity contribution in [2.75, 3.05) is 19.6 Å². The summed E-state index contributed by atoms with van der Waals surface area (Å²) in [7, 11) is 0. The molecule has 2 aromatic rings. The van der Waals surface area contributed by atoms with Crippen LogP contribution < -0.4 is 5.32 Å². The zero-order valence-electron chi connectivity index (χ0n) is 13.2. The van der Waals surface area contributed by atoms with Gasteiger partial charge in [0.2, 0.25) is 0 Å². The van der Waals surface area contributed by atoms with Crippen molar-refractivity contribution in [1.29, 1.82) is 0 Å². The van der Waals surface area contributed by atoms with E-state index in [1.807, 2.05) is 0 Å². The molecule has 2 aliphatic rings. The van der Waals surface area contributed by atoms with Crippen LogP contribution in [0.5, 0.6) is 0 Å². The van der Waals surface area contributed by atoms with Crippen molar-refractivity contribution in [3.05, 3.63) is 46.0 Å². The molecule has 0 saturated carbocycles. The summed E-state index contributed by atoms with van der Waals surface area (Å²) in [6.07, 6.45) is 2.35. The van der Waals surface area contributed by atoms with Crippen LogP contribution in [0.4, 0.5) is 0 Å². The molecule has 0 bridgehead atoms. The molecule has 1 N–H and O–H groups in total. The Morgan fingerprint density at radius 3 is 2.78 bits per heavy atom. The summed E-state index contributed by atoms with van der Waals surface area (Å²) in [6, 6.07) is 8.52. The standard InChI is InChI=1S/C17H22BrN5/c18-15-4-2-1-3-14(15)12-22-8-5-13(6-9-22)17-21-20-16-11-19-7-10-23(16)17/h1-4,13,19H,5-12H2. The molecule has 1 fully saturated rings. The molecule has 1 saturated heterocycles. The second kappa shape index (κ2) is 6.71. The fourth-order valence-corrected chi connectivity index (χ4v) is 4.04. The zero-order chi connectivity index (χ0) is 15.6. The number of benzene rings is 1. The van der Waals surface area contributed by atoms with E-state index in [9.17, 15) is 0 Å². The third kappa shape index (κ3) is 3.20. The Morgan fingerprint density at radius 2 is 1.96 bits per heavy atom. The highest BCUT2D eigenvalue weighted by Gasteiger charge is 2.27. The van der Waals surface area contributed by atoms with Crippen LogP contribution >= 0.6 is 15.9 Å². The second-order valence-corrected chi connectivity index (χ2v) is 7.30. The highest BCUT2D eigenvalue weighted by atomic mass is 79.9. The SMILES string of the molecule is Brc1ccccc1CN1CCC(c2nnc3n2CCNC3)CC1. The molecule has 122 valence electrons. The van der Waals surface area contributed by atoms with Gasteiger partial charge in [0.25, 0.3) is 0 Å². The van der Waals surface area contributed by atoms with Gasteiger partial charge in [0, 0.05) is 30.0 Å². The molecule has 0 spiro atoms. The van der Waals surface area contributed by atoms with Gasteiger partial charge in [0.05, 0.1) is 6.54 Å². The van der Waals surface area contributed by atoms with Gasteiger partial charge in [0.15, 0.2) is 0 Å². The molecule has 5 nitrogen and oxygen atoms in total. The number of aromatic nitrogens is 3. The molecule has 6 heteroatoms. The van der Waals surface area contributed by atoms with Crippen molar-refractivity contribution in [2.45, 2.75) is 38.4 Å². The van der Waals surface area contributed by atoms with E-state index in [1.165, 1.54) is 28.7 Å². The van der Waals surface area contributed by atoms with Gasteiger partial charge in [-0.05, 0) is 37.6 Å². The molecular formula is C17H22BrN5. The molecule has 2 aliphatic heterocycles. The molecule has 0 atom stereocenters. The zero-order valence-corrected chi connectivity index (χ0v) is 14.8. The Kier molecular flexibility index (Phi) is 4.46. The summed E-state index contributed by atoms with van der Waals surface area (Å²) >= 11 is 3.65. The average Bonchev–Trinajstić information content (AvgIpc) is 3.02. The minimum Gasteiger partial charge on any atom is -0.312 e. The van der Waals surface area contributed by atoms with Crippen LogP contribution in [0, 0.1) is 0 Å². The van der Waals surface area contributed by atoms with Gasteiger partial charge in [-0.15, -0.1) is 10.2 Å². The minimum atomic E-state index is 0.560. The summed E-state index contributed by atoms with van der Waals surface area (Å²) in [6.45, 7) is 6.18. The molecule has 1 aromatic carbocycles. The van der Waals surface area contributed by atoms with E-state index in [1.54, 1.807) is 0 Å². The number of hydrogen-bond donors (Lipinski definition) is 1. The van der Waals surface area contributed by atoms with Crippen molar-refractivity contribution in [2.24, 2.45) is 0 Å². The van der Waals surface area contributed by atoms with Gasteiger partial charge in [-0.1, -0.05) is 34.1 Å². The van der Waals surface area contributed by atoms with E-state index in [4.69, 9.17) is 0 Å². The monoisotopic (exact) mass is 375 g/mol. The van der Waals surface area contributed by atoms with Crippen LogP contribution in [-0.2, 0) is 19.6 Å². The molecule has 0 radical (unpaired) electrons. The molecular weight excluding hydrogens is 354 g/mol. The fraction of sp³-hybridized carbons (Fsp3) is 0.529. The Labute approximate surface area is 145 Å². The first kappa shape index (κ1) is 15.3. The van der Waals surface area contributed by atoms with E-state index >= 15 is 0 Å². The van der Waals surface area contributed by atoms with Crippen LogP contribution in [0.25, 0.3) is 0 Å². The lowest BCUT2D eigenvalue weighted by molar-refractivity contribution is 0.199. The average molecular weight is 376 g/mol. The van der Waals surface area contributed by atoms with Crippen molar-refractivity contribution < 1.29 is 0 Å². The molecule has 3 heterocycles. The van der Waals surface area contributed by atoms with Crippen molar-refractivity contribution in [3.63, 3.8) is 0 Å². The topological polar surface area (TPSA) is 46.0 Å². The minimum absolute atomic E-state index is 0.560. The number of piperidine rings is 1. The number of likely N-dealkylation sites (tertiary alicyclic amines) is 1. The van der Waals surface area contributed by atoms with E-state index in [0.717, 1.165) is 45.1 Å². The number of nitrogens with zero attached hydrogens (tertiary/aromatic N) is 4. The number of nitrogens with one attached hydrogen (secondary N) is 1. The van der Waals surface area contributed by atoms with Crippen LogP contribution in [0.3, 0.4) is 0 Å². The largest absolute Gasteiger partial charge is 0.312 e. The highest BCUT2D eigenvalue weighted by molar-refractivity contribution is 9.10. The summed E-state index contributed by atoms with van der Waals surface area (Å²) < 4.78 is 3.55. The Balaban J connectivity index is 1.40. The lowest BCUT2D eigenvalue weighted by Crippen LogP contribution is -2.34. The van der Waals surface area contributed by atoms with Gasteiger partial charge in [-0.25, -0.2) is 0 Å².